The quantitative estimate of drug-likeness (QED) is 0.149. The zero-order valence-electron chi connectivity index (χ0n) is 18.9. The molecule has 4 amide bonds. The van der Waals surface area contributed by atoms with Crippen LogP contribution in [0.5, 0.6) is 5.75 Å². The van der Waals surface area contributed by atoms with E-state index in [1.807, 2.05) is 5.32 Å². The predicted molar refractivity (Wildman–Crippen MR) is 135 cm³/mol. The minimum atomic E-state index is -4.26. The van der Waals surface area contributed by atoms with Crippen molar-refractivity contribution in [2.45, 2.75) is 11.8 Å². The normalized spacial score (nSPS) is 15.0. The number of benzene rings is 3. The SMILES string of the molecule is Cc1ccc(S(=O)(=O)Oc2ccc(Br)cc2/C=C2\C(=O)NC(=O)N(c3ccc([N+](=O)[O-])cc3)C2=O)cc1. The average molecular weight is 586 g/mol. The number of aryl methyl sites for hydroxylation is 1. The van der Waals surface area contributed by atoms with E-state index in [9.17, 15) is 32.9 Å². The molecule has 3 aromatic carbocycles. The molecule has 0 spiro atoms. The van der Waals surface area contributed by atoms with Crippen molar-refractivity contribution < 1.29 is 31.9 Å². The number of nitrogens with zero attached hydrogens (tertiary/aromatic N) is 2. The first-order chi connectivity index (χ1) is 17.5. The Morgan fingerprint density at radius 2 is 1.65 bits per heavy atom. The molecule has 0 atom stereocenters. The highest BCUT2D eigenvalue weighted by Crippen LogP contribution is 2.30. The first-order valence-corrected chi connectivity index (χ1v) is 12.6. The molecule has 1 aliphatic heterocycles. The molecule has 1 heterocycles. The standard InChI is InChI=1S/C24H16BrN3O8S/c1-14-2-9-19(10-3-14)37(34,35)36-21-11-4-16(25)12-15(21)13-20-22(29)26-24(31)27(23(20)30)17-5-7-18(8-6-17)28(32)33/h2-13H,1H3,(H,26,29,31)/b20-13+. The fraction of sp³-hybridized carbons (Fsp3) is 0.0417. The van der Waals surface area contributed by atoms with Crippen molar-refractivity contribution in [2.75, 3.05) is 4.90 Å². The summed E-state index contributed by atoms with van der Waals surface area (Å²) in [5, 5.41) is 12.9. The van der Waals surface area contributed by atoms with Crippen molar-refractivity contribution in [3.8, 4) is 5.75 Å². The largest absolute Gasteiger partial charge is 0.378 e. The number of anilines is 1. The highest BCUT2D eigenvalue weighted by molar-refractivity contribution is 9.10. The summed E-state index contributed by atoms with van der Waals surface area (Å²) in [5.41, 5.74) is 0.141. The van der Waals surface area contributed by atoms with Gasteiger partial charge in [0.1, 0.15) is 16.2 Å². The van der Waals surface area contributed by atoms with Gasteiger partial charge in [-0.2, -0.15) is 8.42 Å². The number of carbonyl (C=O) groups excluding carboxylic acids is 3. The van der Waals surface area contributed by atoms with Crippen molar-refractivity contribution in [1.82, 2.24) is 5.32 Å². The van der Waals surface area contributed by atoms with Gasteiger partial charge >= 0.3 is 16.1 Å². The van der Waals surface area contributed by atoms with Gasteiger partial charge in [-0.1, -0.05) is 33.6 Å². The number of rotatable bonds is 6. The number of halogens is 1. The van der Waals surface area contributed by atoms with Gasteiger partial charge in [0.05, 0.1) is 10.6 Å². The third-order valence-electron chi connectivity index (χ3n) is 5.20. The van der Waals surface area contributed by atoms with E-state index in [0.717, 1.165) is 23.8 Å². The number of amides is 4. The van der Waals surface area contributed by atoms with Gasteiger partial charge in [-0.15, -0.1) is 0 Å². The molecule has 11 nitrogen and oxygen atoms in total. The Morgan fingerprint density at radius 3 is 2.27 bits per heavy atom. The number of non-ortho nitro benzene ring substituents is 1. The van der Waals surface area contributed by atoms with Crippen LogP contribution >= 0.6 is 15.9 Å². The monoisotopic (exact) mass is 585 g/mol. The Hall–Kier alpha value is -4.36. The first kappa shape index (κ1) is 25.7. The summed E-state index contributed by atoms with van der Waals surface area (Å²) in [6.07, 6.45) is 1.09. The third kappa shape index (κ3) is 5.42. The summed E-state index contributed by atoms with van der Waals surface area (Å²) in [4.78, 5) is 49.0. The maximum atomic E-state index is 13.2. The molecule has 0 aliphatic carbocycles. The molecule has 0 unspecified atom stereocenters. The van der Waals surface area contributed by atoms with Gasteiger partial charge < -0.3 is 4.18 Å². The fourth-order valence-electron chi connectivity index (χ4n) is 3.35. The first-order valence-electron chi connectivity index (χ1n) is 10.4. The van der Waals surface area contributed by atoms with Crippen LogP contribution in [0.4, 0.5) is 16.2 Å². The fourth-order valence-corrected chi connectivity index (χ4v) is 4.68. The Labute approximate surface area is 218 Å². The lowest BCUT2D eigenvalue weighted by molar-refractivity contribution is -0.384. The number of nitro benzene ring substituents is 1. The molecule has 37 heavy (non-hydrogen) atoms. The number of barbiturate groups is 1. The Kier molecular flexibility index (Phi) is 6.92. The zero-order chi connectivity index (χ0) is 26.9. The van der Waals surface area contributed by atoms with Crippen molar-refractivity contribution >= 4 is 61.3 Å². The molecular formula is C24H16BrN3O8S. The van der Waals surface area contributed by atoms with Crippen molar-refractivity contribution in [3.63, 3.8) is 0 Å². The van der Waals surface area contributed by atoms with Gasteiger partial charge in [-0.25, -0.2) is 9.69 Å². The Balaban J connectivity index is 1.72. The number of hydrogen-bond donors (Lipinski definition) is 1. The Bertz CT molecular complexity index is 1580. The molecule has 4 rings (SSSR count). The van der Waals surface area contributed by atoms with Gasteiger partial charge in [-0.3, -0.25) is 25.0 Å². The second-order valence-corrected chi connectivity index (χ2v) is 10.2. The van der Waals surface area contributed by atoms with Crippen molar-refractivity contribution in [1.29, 1.82) is 0 Å². The molecule has 188 valence electrons. The van der Waals surface area contributed by atoms with E-state index in [4.69, 9.17) is 4.18 Å². The smallest absolute Gasteiger partial charge is 0.339 e. The van der Waals surface area contributed by atoms with E-state index >= 15 is 0 Å². The second-order valence-electron chi connectivity index (χ2n) is 7.76. The highest BCUT2D eigenvalue weighted by atomic mass is 79.9. The average Bonchev–Trinajstić information content (AvgIpc) is 2.83. The number of hydrogen-bond acceptors (Lipinski definition) is 8. The van der Waals surface area contributed by atoms with Gasteiger partial charge in [0.15, 0.2) is 0 Å². The molecular weight excluding hydrogens is 570 g/mol. The van der Waals surface area contributed by atoms with Crippen LogP contribution < -0.4 is 14.4 Å². The lowest BCUT2D eigenvalue weighted by atomic mass is 10.1. The third-order valence-corrected chi connectivity index (χ3v) is 6.94. The maximum Gasteiger partial charge on any atom is 0.339 e. The molecule has 1 fully saturated rings. The van der Waals surface area contributed by atoms with Gasteiger partial charge in [-0.05, 0) is 55.5 Å². The lowest BCUT2D eigenvalue weighted by Gasteiger charge is -2.26. The van der Waals surface area contributed by atoms with E-state index in [1.54, 1.807) is 19.1 Å². The van der Waals surface area contributed by atoms with Crippen LogP contribution in [0.1, 0.15) is 11.1 Å². The summed E-state index contributed by atoms with van der Waals surface area (Å²) in [7, 11) is -4.26. The van der Waals surface area contributed by atoms with Crippen LogP contribution in [0.2, 0.25) is 0 Å². The number of nitrogens with one attached hydrogen (secondary N) is 1. The van der Waals surface area contributed by atoms with Crippen LogP contribution in [0.15, 0.2) is 81.7 Å². The van der Waals surface area contributed by atoms with Crippen molar-refractivity contribution in [3.05, 3.63) is 98.0 Å². The zero-order valence-corrected chi connectivity index (χ0v) is 21.3. The lowest BCUT2D eigenvalue weighted by Crippen LogP contribution is -2.54. The summed E-state index contributed by atoms with van der Waals surface area (Å²) in [5.74, 6) is -2.20. The minimum absolute atomic E-state index is 0.0147. The predicted octanol–water partition coefficient (Wildman–Crippen LogP) is 4.10. The second kappa shape index (κ2) is 9.95. The molecule has 0 bridgehead atoms. The molecule has 1 saturated heterocycles. The van der Waals surface area contributed by atoms with E-state index in [2.05, 4.69) is 15.9 Å². The van der Waals surface area contributed by atoms with E-state index < -0.39 is 38.5 Å². The van der Waals surface area contributed by atoms with Crippen molar-refractivity contribution in [2.24, 2.45) is 0 Å². The van der Waals surface area contributed by atoms with Gasteiger partial charge in [0, 0.05) is 22.2 Å². The molecule has 13 heteroatoms. The van der Waals surface area contributed by atoms with Crippen LogP contribution in [-0.4, -0.2) is 31.2 Å². The number of urea groups is 1. The van der Waals surface area contributed by atoms with E-state index in [1.165, 1.54) is 42.5 Å². The van der Waals surface area contributed by atoms with Crippen LogP contribution in [0.3, 0.4) is 0 Å². The molecule has 1 N–H and O–H groups in total. The van der Waals surface area contributed by atoms with E-state index in [0.29, 0.717) is 9.37 Å². The Morgan fingerprint density at radius 1 is 1.00 bits per heavy atom. The topological polar surface area (TPSA) is 153 Å². The summed E-state index contributed by atoms with van der Waals surface area (Å²) >= 11 is 3.26. The number of imide groups is 2. The molecule has 0 saturated carbocycles. The summed E-state index contributed by atoms with van der Waals surface area (Å²) < 4.78 is 31.5. The number of carbonyl (C=O) groups is 3. The summed E-state index contributed by atoms with van der Waals surface area (Å²) in [6, 6.07) is 13.8. The van der Waals surface area contributed by atoms with Crippen LogP contribution in [-0.2, 0) is 19.7 Å². The summed E-state index contributed by atoms with van der Waals surface area (Å²) in [6.45, 7) is 1.80. The van der Waals surface area contributed by atoms with Gasteiger partial charge in [0.25, 0.3) is 17.5 Å². The van der Waals surface area contributed by atoms with Crippen LogP contribution in [0.25, 0.3) is 6.08 Å². The molecule has 0 aromatic heterocycles. The molecule has 0 radical (unpaired) electrons. The molecule has 1 aliphatic rings. The molecule has 3 aromatic rings. The maximum absolute atomic E-state index is 13.2. The van der Waals surface area contributed by atoms with E-state index in [-0.39, 0.29) is 27.6 Å². The van der Waals surface area contributed by atoms with Crippen LogP contribution in [0, 0.1) is 17.0 Å². The van der Waals surface area contributed by atoms with Gasteiger partial charge in [0.2, 0.25) is 0 Å². The highest BCUT2D eigenvalue weighted by Gasteiger charge is 2.37. The minimum Gasteiger partial charge on any atom is -0.378 e. The number of nitro groups is 1.